The SMILES string of the molecule is CC(C)[Si](O[C@@H]1CCCCCC[C@@H]1O)(C(C)C)C(C)C.C[C@@H]1CCCCCC[C@@H]1O. The van der Waals surface area contributed by atoms with Crippen LogP contribution in [0.4, 0.5) is 0 Å². The summed E-state index contributed by atoms with van der Waals surface area (Å²) < 4.78 is 6.80. The van der Waals surface area contributed by atoms with Gasteiger partial charge in [0.05, 0.1) is 18.3 Å². The maximum absolute atomic E-state index is 10.5. The maximum atomic E-state index is 10.5. The molecular formula is C26H54O3Si. The molecule has 0 aromatic heterocycles. The van der Waals surface area contributed by atoms with E-state index in [1.54, 1.807) is 0 Å². The average Bonchev–Trinajstić information content (AvgIpc) is 2.65. The number of aliphatic hydroxyl groups excluding tert-OH is 2. The van der Waals surface area contributed by atoms with E-state index in [9.17, 15) is 10.2 Å². The van der Waals surface area contributed by atoms with E-state index >= 15 is 0 Å². The first-order valence-electron chi connectivity index (χ1n) is 13.2. The van der Waals surface area contributed by atoms with Gasteiger partial charge >= 0.3 is 0 Å². The van der Waals surface area contributed by atoms with Crippen molar-refractivity contribution in [1.29, 1.82) is 0 Å². The second-order valence-electron chi connectivity index (χ2n) is 11.1. The monoisotopic (exact) mass is 442 g/mol. The van der Waals surface area contributed by atoms with Crippen molar-refractivity contribution in [1.82, 2.24) is 0 Å². The van der Waals surface area contributed by atoms with Gasteiger partial charge in [0.2, 0.25) is 8.32 Å². The lowest BCUT2D eigenvalue weighted by Gasteiger charge is -2.46. The molecule has 30 heavy (non-hydrogen) atoms. The number of hydrogen-bond donors (Lipinski definition) is 2. The topological polar surface area (TPSA) is 49.7 Å². The van der Waals surface area contributed by atoms with Crippen LogP contribution in [0, 0.1) is 5.92 Å². The highest BCUT2D eigenvalue weighted by Gasteiger charge is 2.47. The zero-order chi connectivity index (χ0) is 22.7. The quantitative estimate of drug-likeness (QED) is 0.431. The summed E-state index contributed by atoms with van der Waals surface area (Å²) in [5.41, 5.74) is 1.79. The molecule has 0 radical (unpaired) electrons. The van der Waals surface area contributed by atoms with Crippen molar-refractivity contribution >= 4 is 8.32 Å². The van der Waals surface area contributed by atoms with Gasteiger partial charge in [-0.2, -0.15) is 0 Å². The summed E-state index contributed by atoms with van der Waals surface area (Å²) in [6.45, 7) is 16.1. The minimum atomic E-state index is -1.86. The molecule has 2 rings (SSSR count). The summed E-state index contributed by atoms with van der Waals surface area (Å²) in [6.07, 6.45) is 14.2. The van der Waals surface area contributed by atoms with Crippen LogP contribution in [-0.2, 0) is 4.43 Å². The van der Waals surface area contributed by atoms with E-state index in [4.69, 9.17) is 4.43 Å². The smallest absolute Gasteiger partial charge is 0.200 e. The maximum Gasteiger partial charge on any atom is 0.200 e. The summed E-state index contributed by atoms with van der Waals surface area (Å²) in [5, 5.41) is 20.0. The Kier molecular flexibility index (Phi) is 13.4. The van der Waals surface area contributed by atoms with Gasteiger partial charge in [-0.15, -0.1) is 0 Å². The first-order valence-corrected chi connectivity index (χ1v) is 15.3. The summed E-state index contributed by atoms with van der Waals surface area (Å²) in [6, 6.07) is 0. The summed E-state index contributed by atoms with van der Waals surface area (Å²) in [5.74, 6) is 0.542. The molecule has 0 saturated heterocycles. The molecule has 2 saturated carbocycles. The Morgan fingerprint density at radius 1 is 0.600 bits per heavy atom. The van der Waals surface area contributed by atoms with Gasteiger partial charge in [0, 0.05) is 0 Å². The van der Waals surface area contributed by atoms with Crippen LogP contribution in [-0.4, -0.2) is 36.8 Å². The van der Waals surface area contributed by atoms with E-state index < -0.39 is 8.32 Å². The Balaban J connectivity index is 0.000000375. The lowest BCUT2D eigenvalue weighted by atomic mass is 9.90. The molecule has 2 aliphatic carbocycles. The van der Waals surface area contributed by atoms with E-state index in [0.29, 0.717) is 22.5 Å². The van der Waals surface area contributed by atoms with Gasteiger partial charge in [-0.3, -0.25) is 0 Å². The molecule has 0 aliphatic heterocycles. The molecule has 0 bridgehead atoms. The molecule has 2 N–H and O–H groups in total. The van der Waals surface area contributed by atoms with E-state index in [1.807, 2.05) is 0 Å². The molecule has 0 aromatic rings. The standard InChI is InChI=1S/C17H36O2Si.C9H18O/c1-13(2)20(14(3)4,15(5)6)19-17-12-10-8-7-9-11-16(17)18;1-8-6-4-2-3-5-7-9(8)10/h13-18H,7-12H2,1-6H3;8-10H,2-7H2,1H3/t16-,17+;8-,9+/m01/s1. The van der Waals surface area contributed by atoms with Crippen LogP contribution in [0.15, 0.2) is 0 Å². The normalized spacial score (nSPS) is 29.6. The molecule has 2 fully saturated rings. The lowest BCUT2D eigenvalue weighted by Crippen LogP contribution is -2.52. The van der Waals surface area contributed by atoms with E-state index in [2.05, 4.69) is 48.5 Å². The van der Waals surface area contributed by atoms with Crippen LogP contribution < -0.4 is 0 Å². The van der Waals surface area contributed by atoms with Gasteiger partial charge in [0.1, 0.15) is 0 Å². The van der Waals surface area contributed by atoms with Crippen molar-refractivity contribution in [2.24, 2.45) is 5.92 Å². The highest BCUT2D eigenvalue weighted by Crippen LogP contribution is 2.44. The summed E-state index contributed by atoms with van der Waals surface area (Å²) in [7, 11) is -1.86. The van der Waals surface area contributed by atoms with Crippen molar-refractivity contribution in [3.63, 3.8) is 0 Å². The van der Waals surface area contributed by atoms with Gasteiger partial charge in [0.25, 0.3) is 0 Å². The van der Waals surface area contributed by atoms with Crippen molar-refractivity contribution < 1.29 is 14.6 Å². The van der Waals surface area contributed by atoms with E-state index in [1.165, 1.54) is 51.4 Å². The molecule has 0 amide bonds. The molecule has 2 aliphatic rings. The molecule has 4 heteroatoms. The molecule has 3 nitrogen and oxygen atoms in total. The lowest BCUT2D eigenvalue weighted by molar-refractivity contribution is 0.00836. The Labute approximate surface area is 189 Å². The van der Waals surface area contributed by atoms with Gasteiger partial charge < -0.3 is 14.6 Å². The zero-order valence-electron chi connectivity index (χ0n) is 21.3. The third-order valence-corrected chi connectivity index (χ3v) is 13.9. The van der Waals surface area contributed by atoms with Gasteiger partial charge in [-0.1, -0.05) is 99.8 Å². The fraction of sp³-hybridized carbons (Fsp3) is 1.00. The average molecular weight is 443 g/mol. The molecule has 4 atom stereocenters. The predicted molar refractivity (Wildman–Crippen MR) is 133 cm³/mol. The van der Waals surface area contributed by atoms with Crippen molar-refractivity contribution in [3.05, 3.63) is 0 Å². The first kappa shape index (κ1) is 28.1. The van der Waals surface area contributed by atoms with Crippen molar-refractivity contribution in [3.8, 4) is 0 Å². The third kappa shape index (κ3) is 8.56. The van der Waals surface area contributed by atoms with Crippen molar-refractivity contribution in [2.75, 3.05) is 0 Å². The van der Waals surface area contributed by atoms with Crippen molar-refractivity contribution in [2.45, 2.75) is 160 Å². The van der Waals surface area contributed by atoms with Crippen LogP contribution in [0.1, 0.15) is 126 Å². The molecule has 0 unspecified atom stereocenters. The van der Waals surface area contributed by atoms with Crippen LogP contribution in [0.3, 0.4) is 0 Å². The highest BCUT2D eigenvalue weighted by atomic mass is 28.4. The van der Waals surface area contributed by atoms with E-state index in [-0.39, 0.29) is 18.3 Å². The first-order chi connectivity index (χ1) is 14.1. The van der Waals surface area contributed by atoms with Crippen LogP contribution in [0.5, 0.6) is 0 Å². The van der Waals surface area contributed by atoms with Gasteiger partial charge in [-0.25, -0.2) is 0 Å². The van der Waals surface area contributed by atoms with Crippen LogP contribution in [0.25, 0.3) is 0 Å². The fourth-order valence-electron chi connectivity index (χ4n) is 5.89. The Hall–Kier alpha value is 0.0969. The summed E-state index contributed by atoms with van der Waals surface area (Å²) >= 11 is 0. The minimum Gasteiger partial charge on any atom is -0.411 e. The molecule has 0 heterocycles. The van der Waals surface area contributed by atoms with Gasteiger partial charge in [-0.05, 0) is 48.2 Å². The van der Waals surface area contributed by atoms with Crippen LogP contribution >= 0.6 is 0 Å². The van der Waals surface area contributed by atoms with Gasteiger partial charge in [0.15, 0.2) is 0 Å². The molecule has 0 spiro atoms. The summed E-state index contributed by atoms with van der Waals surface area (Å²) in [4.78, 5) is 0. The second-order valence-corrected chi connectivity index (χ2v) is 16.5. The highest BCUT2D eigenvalue weighted by molar-refractivity contribution is 6.77. The fourth-order valence-corrected chi connectivity index (χ4v) is 11.5. The van der Waals surface area contributed by atoms with E-state index in [0.717, 1.165) is 25.7 Å². The Morgan fingerprint density at radius 3 is 1.47 bits per heavy atom. The third-order valence-electron chi connectivity index (χ3n) is 7.80. The molecule has 180 valence electrons. The Morgan fingerprint density at radius 2 is 1.00 bits per heavy atom. The molecule has 0 aromatic carbocycles. The Bertz CT molecular complexity index is 404. The second kappa shape index (κ2) is 14.3. The zero-order valence-corrected chi connectivity index (χ0v) is 22.3. The largest absolute Gasteiger partial charge is 0.411 e. The predicted octanol–water partition coefficient (Wildman–Crippen LogP) is 7.60. The number of hydrogen-bond acceptors (Lipinski definition) is 3. The number of aliphatic hydroxyl groups is 2. The minimum absolute atomic E-state index is 0.0136. The van der Waals surface area contributed by atoms with Crippen LogP contribution in [0.2, 0.25) is 16.6 Å². The molecular weight excluding hydrogens is 388 g/mol. The number of rotatable bonds is 5.